The van der Waals surface area contributed by atoms with Crippen LogP contribution in [0.3, 0.4) is 0 Å². The van der Waals surface area contributed by atoms with Gasteiger partial charge in [0.25, 0.3) is 0 Å². The van der Waals surface area contributed by atoms with Gasteiger partial charge in [0.2, 0.25) is 5.95 Å². The summed E-state index contributed by atoms with van der Waals surface area (Å²) in [6.07, 6.45) is 0.483. The summed E-state index contributed by atoms with van der Waals surface area (Å²) in [6, 6.07) is 16.3. The number of methoxy groups -OCH3 is 1. The van der Waals surface area contributed by atoms with E-state index >= 15 is 0 Å². The second kappa shape index (κ2) is 8.49. The van der Waals surface area contributed by atoms with Crippen molar-refractivity contribution in [2.75, 3.05) is 25.1 Å². The molecule has 0 saturated carbocycles. The SMILES string of the molecule is COc1ccc(Cn2c(N3CC[C@H](NC(=O)OC(C)(C)C)C3)nc3ccccc32)cc1. The van der Waals surface area contributed by atoms with E-state index in [-0.39, 0.29) is 12.1 Å². The fraction of sp³-hybridized carbons (Fsp3) is 0.417. The Balaban J connectivity index is 1.55. The number of carbonyl (C=O) groups excluding carboxylic acids is 1. The number of rotatable bonds is 5. The molecule has 164 valence electrons. The number of nitrogens with one attached hydrogen (secondary N) is 1. The average Bonchev–Trinajstić information content (AvgIpc) is 3.32. The zero-order valence-corrected chi connectivity index (χ0v) is 18.6. The molecule has 0 bridgehead atoms. The highest BCUT2D eigenvalue weighted by Gasteiger charge is 2.29. The minimum Gasteiger partial charge on any atom is -0.497 e. The molecule has 3 aromatic rings. The molecule has 1 aromatic heterocycles. The molecule has 1 atom stereocenters. The number of anilines is 1. The van der Waals surface area contributed by atoms with Crippen molar-refractivity contribution in [1.82, 2.24) is 14.9 Å². The van der Waals surface area contributed by atoms with Crippen LogP contribution in [0.2, 0.25) is 0 Å². The van der Waals surface area contributed by atoms with Crippen LogP contribution in [-0.2, 0) is 11.3 Å². The van der Waals surface area contributed by atoms with Gasteiger partial charge in [0.15, 0.2) is 0 Å². The van der Waals surface area contributed by atoms with E-state index < -0.39 is 5.60 Å². The maximum Gasteiger partial charge on any atom is 0.407 e. The monoisotopic (exact) mass is 422 g/mol. The normalized spacial score (nSPS) is 16.5. The van der Waals surface area contributed by atoms with Crippen LogP contribution in [0.5, 0.6) is 5.75 Å². The topological polar surface area (TPSA) is 68.6 Å². The van der Waals surface area contributed by atoms with Gasteiger partial charge in [0.05, 0.1) is 30.7 Å². The van der Waals surface area contributed by atoms with Gasteiger partial charge in [-0.3, -0.25) is 0 Å². The number of benzene rings is 2. The number of aromatic nitrogens is 2. The minimum atomic E-state index is -0.505. The van der Waals surface area contributed by atoms with E-state index in [2.05, 4.69) is 33.0 Å². The van der Waals surface area contributed by atoms with E-state index in [1.54, 1.807) is 7.11 Å². The summed E-state index contributed by atoms with van der Waals surface area (Å²) in [5.74, 6) is 1.76. The van der Waals surface area contributed by atoms with Crippen LogP contribution in [0.4, 0.5) is 10.7 Å². The first kappa shape index (κ1) is 21.0. The number of imidazole rings is 1. The van der Waals surface area contributed by atoms with Crippen LogP contribution in [0, 0.1) is 0 Å². The van der Waals surface area contributed by atoms with Crippen molar-refractivity contribution in [1.29, 1.82) is 0 Å². The lowest BCUT2D eigenvalue weighted by Crippen LogP contribution is -2.40. The van der Waals surface area contributed by atoms with Gasteiger partial charge in [0.1, 0.15) is 11.4 Å². The number of hydrogen-bond donors (Lipinski definition) is 1. The minimum absolute atomic E-state index is 0.0316. The number of hydrogen-bond acceptors (Lipinski definition) is 5. The molecule has 2 aromatic carbocycles. The molecule has 1 aliphatic heterocycles. The van der Waals surface area contributed by atoms with Gasteiger partial charge < -0.3 is 24.3 Å². The highest BCUT2D eigenvalue weighted by molar-refractivity contribution is 5.79. The van der Waals surface area contributed by atoms with Crippen LogP contribution in [0.1, 0.15) is 32.8 Å². The third-order valence-corrected chi connectivity index (χ3v) is 5.33. The number of amides is 1. The number of ether oxygens (including phenoxy) is 2. The summed E-state index contributed by atoms with van der Waals surface area (Å²) >= 11 is 0. The largest absolute Gasteiger partial charge is 0.497 e. The van der Waals surface area contributed by atoms with Crippen LogP contribution >= 0.6 is 0 Å². The van der Waals surface area contributed by atoms with Crippen LogP contribution < -0.4 is 15.0 Å². The van der Waals surface area contributed by atoms with Crippen molar-refractivity contribution in [3.05, 3.63) is 54.1 Å². The Kier molecular flexibility index (Phi) is 5.76. The highest BCUT2D eigenvalue weighted by Crippen LogP contribution is 2.27. The number of para-hydroxylation sites is 2. The van der Waals surface area contributed by atoms with Crippen molar-refractivity contribution >= 4 is 23.1 Å². The summed E-state index contributed by atoms with van der Waals surface area (Å²) < 4.78 is 12.9. The molecule has 0 spiro atoms. The van der Waals surface area contributed by atoms with Gasteiger partial charge in [-0.05, 0) is 57.0 Å². The van der Waals surface area contributed by atoms with Crippen LogP contribution in [0.15, 0.2) is 48.5 Å². The summed E-state index contributed by atoms with van der Waals surface area (Å²) in [5, 5.41) is 3.00. The first-order valence-electron chi connectivity index (χ1n) is 10.6. The second-order valence-corrected chi connectivity index (χ2v) is 8.91. The molecule has 1 fully saturated rings. The fourth-order valence-corrected chi connectivity index (χ4v) is 3.91. The third kappa shape index (κ3) is 4.93. The summed E-state index contributed by atoms with van der Waals surface area (Å²) in [5.41, 5.74) is 2.73. The van der Waals surface area contributed by atoms with E-state index in [0.29, 0.717) is 13.1 Å². The Hall–Kier alpha value is -3.22. The summed E-state index contributed by atoms with van der Waals surface area (Å²) in [6.45, 7) is 7.84. The van der Waals surface area contributed by atoms with E-state index in [4.69, 9.17) is 14.5 Å². The van der Waals surface area contributed by atoms with Crippen molar-refractivity contribution in [2.45, 2.75) is 45.4 Å². The first-order valence-corrected chi connectivity index (χ1v) is 10.6. The summed E-state index contributed by atoms with van der Waals surface area (Å²) in [7, 11) is 1.67. The number of alkyl carbamates (subject to hydrolysis) is 1. The molecular formula is C24H30N4O3. The third-order valence-electron chi connectivity index (χ3n) is 5.33. The smallest absolute Gasteiger partial charge is 0.407 e. The molecule has 0 aliphatic carbocycles. The van der Waals surface area contributed by atoms with Gasteiger partial charge in [-0.15, -0.1) is 0 Å². The van der Waals surface area contributed by atoms with Crippen molar-refractivity contribution in [3.8, 4) is 5.75 Å². The molecule has 1 amide bonds. The standard InChI is InChI=1S/C24H30N4O3/c1-24(2,3)31-23(29)25-18-13-14-27(16-18)22-26-20-7-5-6-8-21(20)28(22)15-17-9-11-19(30-4)12-10-17/h5-12,18H,13-16H2,1-4H3,(H,25,29)/t18-/m0/s1. The molecule has 7 nitrogen and oxygen atoms in total. The highest BCUT2D eigenvalue weighted by atomic mass is 16.6. The summed E-state index contributed by atoms with van der Waals surface area (Å²) in [4.78, 5) is 19.3. The van der Waals surface area contributed by atoms with Gasteiger partial charge in [-0.2, -0.15) is 0 Å². The van der Waals surface area contributed by atoms with E-state index in [1.807, 2.05) is 51.1 Å². The predicted octanol–water partition coefficient (Wildman–Crippen LogP) is 4.20. The predicted molar refractivity (Wildman–Crippen MR) is 122 cm³/mol. The van der Waals surface area contributed by atoms with Crippen molar-refractivity contribution in [2.24, 2.45) is 0 Å². The van der Waals surface area contributed by atoms with Crippen LogP contribution in [-0.4, -0.2) is 47.5 Å². The molecule has 7 heteroatoms. The number of fused-ring (bicyclic) bond motifs is 1. The van der Waals surface area contributed by atoms with Gasteiger partial charge in [-0.25, -0.2) is 9.78 Å². The molecule has 0 radical (unpaired) electrons. The lowest BCUT2D eigenvalue weighted by atomic mass is 10.2. The Labute approximate surface area is 183 Å². The van der Waals surface area contributed by atoms with Crippen molar-refractivity contribution in [3.63, 3.8) is 0 Å². The molecule has 0 unspecified atom stereocenters. The Bertz CT molecular complexity index is 1050. The Morgan fingerprint density at radius 3 is 2.61 bits per heavy atom. The van der Waals surface area contributed by atoms with E-state index in [9.17, 15) is 4.79 Å². The number of carbonyl (C=O) groups is 1. The zero-order chi connectivity index (χ0) is 22.0. The van der Waals surface area contributed by atoms with Gasteiger partial charge in [-0.1, -0.05) is 24.3 Å². The van der Waals surface area contributed by atoms with E-state index in [0.717, 1.165) is 35.7 Å². The first-order chi connectivity index (χ1) is 14.8. The molecule has 1 aliphatic rings. The molecule has 1 N–H and O–H groups in total. The molecule has 2 heterocycles. The molecule has 1 saturated heterocycles. The maximum absolute atomic E-state index is 12.2. The quantitative estimate of drug-likeness (QED) is 0.668. The van der Waals surface area contributed by atoms with Crippen molar-refractivity contribution < 1.29 is 14.3 Å². The Morgan fingerprint density at radius 2 is 1.90 bits per heavy atom. The van der Waals surface area contributed by atoms with Crippen LogP contribution in [0.25, 0.3) is 11.0 Å². The zero-order valence-electron chi connectivity index (χ0n) is 18.6. The maximum atomic E-state index is 12.2. The molecule has 31 heavy (non-hydrogen) atoms. The van der Waals surface area contributed by atoms with Gasteiger partial charge in [0, 0.05) is 13.1 Å². The Morgan fingerprint density at radius 1 is 1.16 bits per heavy atom. The number of nitrogens with zero attached hydrogens (tertiary/aromatic N) is 3. The fourth-order valence-electron chi connectivity index (χ4n) is 3.91. The average molecular weight is 423 g/mol. The second-order valence-electron chi connectivity index (χ2n) is 8.91. The molecular weight excluding hydrogens is 392 g/mol. The van der Waals surface area contributed by atoms with E-state index in [1.165, 1.54) is 5.56 Å². The van der Waals surface area contributed by atoms with Gasteiger partial charge >= 0.3 is 6.09 Å². The lowest BCUT2D eigenvalue weighted by Gasteiger charge is -2.22. The molecule has 4 rings (SSSR count). The lowest BCUT2D eigenvalue weighted by molar-refractivity contribution is 0.0509.